The van der Waals surface area contributed by atoms with Gasteiger partial charge in [-0.05, 0) is 5.56 Å². The van der Waals surface area contributed by atoms with Crippen molar-refractivity contribution in [3.05, 3.63) is 35.9 Å². The van der Waals surface area contributed by atoms with Crippen LogP contribution in [0.2, 0.25) is 0 Å². The van der Waals surface area contributed by atoms with Crippen molar-refractivity contribution in [2.45, 2.75) is 6.61 Å². The van der Waals surface area contributed by atoms with Gasteiger partial charge >= 0.3 is 21.1 Å². The molecular formula is C7H12MoO11P4. The first-order valence-electron chi connectivity index (χ1n) is 5.03. The van der Waals surface area contributed by atoms with Gasteiger partial charge in [-0.3, -0.25) is 8.62 Å². The van der Waals surface area contributed by atoms with Gasteiger partial charge in [-0.2, -0.15) is 0 Å². The van der Waals surface area contributed by atoms with Crippen molar-refractivity contribution in [3.8, 4) is 0 Å². The summed E-state index contributed by atoms with van der Waals surface area (Å²) in [7, 11) is -14.1. The van der Waals surface area contributed by atoms with Gasteiger partial charge in [-0.1, -0.05) is 30.3 Å². The Balaban J connectivity index is -0.000000257. The first-order chi connectivity index (χ1) is 10.2. The molecule has 4 unspecified atom stereocenters. The molecule has 0 radical (unpaired) electrons. The van der Waals surface area contributed by atoms with E-state index in [0.717, 1.165) is 5.56 Å². The van der Waals surface area contributed by atoms with Crippen LogP contribution in [0.4, 0.5) is 0 Å². The van der Waals surface area contributed by atoms with E-state index in [-0.39, 0.29) is 27.7 Å². The molecular weight excluding hydrogens is 480 g/mol. The van der Waals surface area contributed by atoms with E-state index in [4.69, 9.17) is 5.11 Å². The Kier molecular flexibility index (Phi) is 23.3. The molecule has 0 amide bonds. The van der Waals surface area contributed by atoms with Crippen molar-refractivity contribution >= 4 is 33.0 Å². The molecule has 1 aromatic carbocycles. The van der Waals surface area contributed by atoms with Crippen LogP contribution in [0.3, 0.4) is 0 Å². The summed E-state index contributed by atoms with van der Waals surface area (Å²) in [5, 5.41) is 8.54. The second-order valence-electron chi connectivity index (χ2n) is 2.85. The summed E-state index contributed by atoms with van der Waals surface area (Å²) in [6.45, 7) is 0.140. The van der Waals surface area contributed by atoms with E-state index in [0.29, 0.717) is 0 Å². The molecule has 0 saturated heterocycles. The number of hydrogen-bond acceptors (Lipinski definition) is 11. The average Bonchev–Trinajstić information content (AvgIpc) is 2.38. The molecule has 0 aromatic heterocycles. The van der Waals surface area contributed by atoms with Gasteiger partial charge in [0.25, 0.3) is 0 Å². The molecule has 16 heteroatoms. The summed E-state index contributed by atoms with van der Waals surface area (Å²) >= 11 is 0. The van der Waals surface area contributed by atoms with E-state index >= 15 is 0 Å². The maximum atomic E-state index is 9.29. The largest absolute Gasteiger partial charge is 4.00 e. The number of aliphatic hydroxyl groups is 1. The van der Waals surface area contributed by atoms with E-state index in [1.807, 2.05) is 30.3 Å². The molecule has 4 atom stereocenters. The Labute approximate surface area is 148 Å². The van der Waals surface area contributed by atoms with Crippen LogP contribution < -0.4 is 19.6 Å². The van der Waals surface area contributed by atoms with Gasteiger partial charge in [-0.25, -0.2) is 0 Å². The molecule has 0 fully saturated rings. The van der Waals surface area contributed by atoms with Crippen LogP contribution in [-0.4, -0.2) is 5.11 Å². The first kappa shape index (κ1) is 28.4. The van der Waals surface area contributed by atoms with E-state index in [9.17, 15) is 37.8 Å². The van der Waals surface area contributed by atoms with Gasteiger partial charge in [0.15, 0.2) is 0 Å². The molecule has 132 valence electrons. The number of aliphatic hydroxyl groups excluding tert-OH is 1. The Morgan fingerprint density at radius 3 is 1.22 bits per heavy atom. The number of rotatable bonds is 5. The average molecular weight is 492 g/mol. The van der Waals surface area contributed by atoms with Crippen molar-refractivity contribution in [3.63, 3.8) is 0 Å². The SMILES string of the molecule is O=[PH]([O-])O[PH](=O)[O-].O=[PH]([O-])O[PH](=O)[O-].OCc1ccccc1.[Mo+4]. The third-order valence-corrected chi connectivity index (χ3v) is 4.03. The molecule has 1 rings (SSSR count). The molecule has 0 saturated carbocycles. The summed E-state index contributed by atoms with van der Waals surface area (Å²) in [5.74, 6) is 0. The van der Waals surface area contributed by atoms with Crippen LogP contribution in [0.15, 0.2) is 30.3 Å². The van der Waals surface area contributed by atoms with Gasteiger partial charge in [0.05, 0.1) is 6.61 Å². The summed E-state index contributed by atoms with van der Waals surface area (Å²) < 4.78 is 43.6. The predicted octanol–water partition coefficient (Wildman–Crippen LogP) is -1.82. The summed E-state index contributed by atoms with van der Waals surface area (Å²) in [6, 6.07) is 9.52. The smallest absolute Gasteiger partial charge is 0.781 e. The summed E-state index contributed by atoms with van der Waals surface area (Å²) in [4.78, 5) is 37.1. The second kappa shape index (κ2) is 18.9. The third-order valence-electron chi connectivity index (χ3n) is 1.36. The van der Waals surface area contributed by atoms with Gasteiger partial charge in [0, 0.05) is 0 Å². The fraction of sp³-hybridized carbons (Fsp3) is 0.143. The fourth-order valence-corrected chi connectivity index (χ4v) is 1.81. The van der Waals surface area contributed by atoms with Gasteiger partial charge in [0.2, 0.25) is 0 Å². The normalized spacial score (nSPS) is 14.5. The zero-order chi connectivity index (χ0) is 17.5. The van der Waals surface area contributed by atoms with E-state index in [1.165, 1.54) is 0 Å². The van der Waals surface area contributed by atoms with Crippen LogP contribution >= 0.6 is 33.0 Å². The van der Waals surface area contributed by atoms with Gasteiger partial charge in [-0.15, -0.1) is 0 Å². The van der Waals surface area contributed by atoms with Gasteiger partial charge < -0.3 is 42.9 Å². The molecule has 23 heavy (non-hydrogen) atoms. The fourth-order valence-electron chi connectivity index (χ4n) is 0.720. The van der Waals surface area contributed by atoms with Crippen molar-refractivity contribution in [2.24, 2.45) is 0 Å². The summed E-state index contributed by atoms with van der Waals surface area (Å²) in [5.41, 5.74) is 0.965. The molecule has 0 bridgehead atoms. The van der Waals surface area contributed by atoms with Crippen LogP contribution in [0.25, 0.3) is 0 Å². The van der Waals surface area contributed by atoms with Crippen LogP contribution in [0.1, 0.15) is 5.56 Å². The third kappa shape index (κ3) is 27.7. The molecule has 0 aliphatic heterocycles. The van der Waals surface area contributed by atoms with Crippen molar-refractivity contribution in [2.75, 3.05) is 0 Å². The maximum Gasteiger partial charge on any atom is 4.00 e. The molecule has 1 aromatic rings. The zero-order valence-corrected chi connectivity index (χ0v) is 17.0. The minimum Gasteiger partial charge on any atom is -0.781 e. The van der Waals surface area contributed by atoms with Crippen LogP contribution in [0.5, 0.6) is 0 Å². The van der Waals surface area contributed by atoms with E-state index in [2.05, 4.69) is 8.62 Å². The maximum absolute atomic E-state index is 9.29. The number of hydrogen-bond donors (Lipinski definition) is 1. The zero-order valence-electron chi connectivity index (χ0n) is 11.0. The van der Waals surface area contributed by atoms with E-state index < -0.39 is 33.0 Å². The number of benzene rings is 1. The topological polar surface area (TPSA) is 199 Å². The molecule has 0 aliphatic rings. The predicted molar refractivity (Wildman–Crippen MR) is 70.5 cm³/mol. The second-order valence-corrected chi connectivity index (χ2v) is 6.48. The first-order valence-corrected chi connectivity index (χ1v) is 9.93. The Morgan fingerprint density at radius 2 is 1.09 bits per heavy atom. The Hall–Kier alpha value is 0.548. The summed E-state index contributed by atoms with van der Waals surface area (Å²) in [6.07, 6.45) is 0. The molecule has 11 nitrogen and oxygen atoms in total. The van der Waals surface area contributed by atoms with Crippen LogP contribution in [-0.2, 0) is 54.6 Å². The van der Waals surface area contributed by atoms with E-state index in [1.54, 1.807) is 0 Å². The monoisotopic (exact) mass is 494 g/mol. The minimum atomic E-state index is -3.51. The minimum absolute atomic E-state index is 0. The van der Waals surface area contributed by atoms with Crippen molar-refractivity contribution in [1.82, 2.24) is 0 Å². The molecule has 0 spiro atoms. The standard InChI is InChI=1S/C7H8O.Mo.2H4O5P2/c8-6-7-4-2-1-3-5-7;;2*1-6(2)5-7(3)4/h1-5,8H,6H2;;2*6-7H,(H,1,2)(H,3,4)/q;+4;;/p-4. The molecule has 1 N–H and O–H groups in total. The molecule has 0 heterocycles. The Bertz CT molecular complexity index is 448. The molecule has 0 aliphatic carbocycles. The Morgan fingerprint density at radius 1 is 0.783 bits per heavy atom. The van der Waals surface area contributed by atoms with Gasteiger partial charge in [0.1, 0.15) is 33.0 Å². The van der Waals surface area contributed by atoms with Crippen molar-refractivity contribution in [1.29, 1.82) is 0 Å². The van der Waals surface area contributed by atoms with Crippen LogP contribution in [0, 0.1) is 0 Å². The quantitative estimate of drug-likeness (QED) is 0.359. The van der Waals surface area contributed by atoms with Crippen molar-refractivity contribution < 1.29 is 72.6 Å².